The first kappa shape index (κ1) is 17.5. The van der Waals surface area contributed by atoms with Crippen LogP contribution < -0.4 is 0 Å². The first-order valence-corrected chi connectivity index (χ1v) is 6.08. The SMILES string of the molecule is CCC(C)B(C(C)CC)C(C)CC.[NaH]. The summed E-state index contributed by atoms with van der Waals surface area (Å²) in [5.74, 6) is 2.68. The average Bonchev–Trinajstić information content (AvgIpc) is 2.16. The predicted molar refractivity (Wildman–Crippen MR) is 72.0 cm³/mol. The number of rotatable bonds is 6. The van der Waals surface area contributed by atoms with Gasteiger partial charge in [-0.15, -0.1) is 0 Å². The summed E-state index contributed by atoms with van der Waals surface area (Å²) in [6.45, 7) is 15.2. The Kier molecular flexibility index (Phi) is 11.6. The Labute approximate surface area is 114 Å². The monoisotopic (exact) mass is 206 g/mol. The minimum absolute atomic E-state index is 0. The zero-order valence-corrected chi connectivity index (χ0v) is 10.4. The van der Waals surface area contributed by atoms with Crippen molar-refractivity contribution in [3.05, 3.63) is 0 Å². The normalized spacial score (nSPS) is 16.7. The third-order valence-electron chi connectivity index (χ3n) is 3.90. The van der Waals surface area contributed by atoms with Gasteiger partial charge in [0.15, 0.2) is 0 Å². The van der Waals surface area contributed by atoms with Crippen LogP contribution in [0.3, 0.4) is 0 Å². The molecule has 0 heterocycles. The maximum absolute atomic E-state index is 2.42. The van der Waals surface area contributed by atoms with Gasteiger partial charge in [0.25, 0.3) is 0 Å². The molecule has 0 saturated carbocycles. The Hall–Kier alpha value is 1.06. The molecule has 0 aromatic rings. The fourth-order valence-electron chi connectivity index (χ4n) is 2.50. The number of hydrogen-bond donors (Lipinski definition) is 0. The molecule has 0 aliphatic carbocycles. The molecule has 0 aromatic heterocycles. The molecule has 0 spiro atoms. The average molecular weight is 206 g/mol. The van der Waals surface area contributed by atoms with Gasteiger partial charge in [-0.05, 0) is 0 Å². The van der Waals surface area contributed by atoms with Gasteiger partial charge < -0.3 is 0 Å². The van der Waals surface area contributed by atoms with E-state index in [0.717, 1.165) is 24.2 Å². The van der Waals surface area contributed by atoms with Crippen molar-refractivity contribution >= 4 is 36.3 Å². The molecule has 0 saturated heterocycles. The Balaban J connectivity index is 0. The third kappa shape index (κ3) is 5.23. The van der Waals surface area contributed by atoms with Crippen molar-refractivity contribution in [2.75, 3.05) is 0 Å². The van der Waals surface area contributed by atoms with Crippen LogP contribution in [0.1, 0.15) is 60.8 Å². The molecule has 0 bridgehead atoms. The van der Waals surface area contributed by atoms with Gasteiger partial charge >= 0.3 is 29.6 Å². The molecule has 0 aromatic carbocycles. The Morgan fingerprint density at radius 1 is 0.714 bits per heavy atom. The molecule has 2 heteroatoms. The molecule has 14 heavy (non-hydrogen) atoms. The van der Waals surface area contributed by atoms with Crippen molar-refractivity contribution in [2.24, 2.45) is 0 Å². The summed E-state index contributed by atoms with van der Waals surface area (Å²) in [6.07, 6.45) is 4.00. The van der Waals surface area contributed by atoms with Crippen LogP contribution >= 0.6 is 0 Å². The van der Waals surface area contributed by atoms with Crippen molar-refractivity contribution in [1.82, 2.24) is 0 Å². The van der Waals surface area contributed by atoms with E-state index in [0.29, 0.717) is 0 Å². The van der Waals surface area contributed by atoms with Crippen LogP contribution in [0.25, 0.3) is 0 Å². The van der Waals surface area contributed by atoms with Gasteiger partial charge in [0, 0.05) is 0 Å². The van der Waals surface area contributed by atoms with Crippen molar-refractivity contribution in [1.29, 1.82) is 0 Å². The Morgan fingerprint density at radius 2 is 0.929 bits per heavy atom. The molecule has 3 unspecified atom stereocenters. The predicted octanol–water partition coefficient (Wildman–Crippen LogP) is 4.23. The van der Waals surface area contributed by atoms with Crippen LogP contribution in [0.5, 0.6) is 0 Å². The van der Waals surface area contributed by atoms with Crippen LogP contribution in [0.4, 0.5) is 0 Å². The van der Waals surface area contributed by atoms with E-state index in [-0.39, 0.29) is 29.6 Å². The van der Waals surface area contributed by atoms with E-state index in [1.807, 2.05) is 0 Å². The quantitative estimate of drug-likeness (QED) is 0.570. The summed E-state index contributed by atoms with van der Waals surface area (Å²) in [5.41, 5.74) is 0. The van der Waals surface area contributed by atoms with Crippen molar-refractivity contribution < 1.29 is 0 Å². The second kappa shape index (κ2) is 9.30. The van der Waals surface area contributed by atoms with Gasteiger partial charge in [0.1, 0.15) is 6.71 Å². The van der Waals surface area contributed by atoms with Crippen LogP contribution in [0.15, 0.2) is 0 Å². The van der Waals surface area contributed by atoms with Crippen LogP contribution in [-0.2, 0) is 0 Å². The molecule has 3 atom stereocenters. The van der Waals surface area contributed by atoms with E-state index < -0.39 is 0 Å². The second-order valence-electron chi connectivity index (χ2n) is 4.73. The van der Waals surface area contributed by atoms with Crippen LogP contribution in [-0.4, -0.2) is 36.3 Å². The first-order valence-electron chi connectivity index (χ1n) is 6.08. The Morgan fingerprint density at radius 3 is 1.07 bits per heavy atom. The molecule has 0 N–H and O–H groups in total. The van der Waals surface area contributed by atoms with Crippen molar-refractivity contribution in [2.45, 2.75) is 78.3 Å². The molecular formula is C12H28BNa. The third-order valence-corrected chi connectivity index (χ3v) is 3.90. The topological polar surface area (TPSA) is 0 Å². The number of hydrogen-bond acceptors (Lipinski definition) is 0. The molecular weight excluding hydrogens is 178 g/mol. The second-order valence-corrected chi connectivity index (χ2v) is 4.73. The summed E-state index contributed by atoms with van der Waals surface area (Å²) in [5, 5.41) is 0. The van der Waals surface area contributed by atoms with E-state index in [2.05, 4.69) is 41.5 Å². The van der Waals surface area contributed by atoms with Gasteiger partial charge in [-0.3, -0.25) is 0 Å². The van der Waals surface area contributed by atoms with Crippen molar-refractivity contribution in [3.8, 4) is 0 Å². The van der Waals surface area contributed by atoms with E-state index in [4.69, 9.17) is 0 Å². The molecule has 0 nitrogen and oxygen atoms in total. The van der Waals surface area contributed by atoms with Gasteiger partial charge in [-0.1, -0.05) is 78.3 Å². The summed E-state index contributed by atoms with van der Waals surface area (Å²) >= 11 is 0. The van der Waals surface area contributed by atoms with Gasteiger partial charge in [0.2, 0.25) is 0 Å². The molecule has 0 fully saturated rings. The minimum atomic E-state index is 0. The summed E-state index contributed by atoms with van der Waals surface area (Å²) in [6, 6.07) is 0. The molecule has 0 rings (SSSR count). The van der Waals surface area contributed by atoms with Gasteiger partial charge in [0.05, 0.1) is 0 Å². The van der Waals surface area contributed by atoms with E-state index in [9.17, 15) is 0 Å². The Bertz CT molecular complexity index is 104. The molecule has 0 amide bonds. The van der Waals surface area contributed by atoms with E-state index in [1.54, 1.807) is 0 Å². The summed E-state index contributed by atoms with van der Waals surface area (Å²) in [4.78, 5) is 0. The van der Waals surface area contributed by atoms with E-state index in [1.165, 1.54) is 19.3 Å². The molecule has 0 aliphatic heterocycles. The fourth-order valence-corrected chi connectivity index (χ4v) is 2.50. The van der Waals surface area contributed by atoms with Crippen molar-refractivity contribution in [3.63, 3.8) is 0 Å². The maximum atomic E-state index is 2.42. The zero-order chi connectivity index (χ0) is 10.4. The summed E-state index contributed by atoms with van der Waals surface area (Å²) in [7, 11) is 0. The van der Waals surface area contributed by atoms with Gasteiger partial charge in [-0.2, -0.15) is 0 Å². The summed E-state index contributed by atoms with van der Waals surface area (Å²) < 4.78 is 0. The first-order chi connectivity index (χ1) is 6.08. The van der Waals surface area contributed by atoms with Gasteiger partial charge in [-0.25, -0.2) is 0 Å². The van der Waals surface area contributed by atoms with E-state index >= 15 is 0 Å². The van der Waals surface area contributed by atoms with Crippen LogP contribution in [0, 0.1) is 0 Å². The standard InChI is InChI=1S/C12H27B.Na.H/c1-7-10(4)13(11(5)8-2)12(6)9-3;;/h10-12H,7-9H2,1-6H3;;. The van der Waals surface area contributed by atoms with Crippen LogP contribution in [0.2, 0.25) is 17.5 Å². The zero-order valence-electron chi connectivity index (χ0n) is 10.4. The molecule has 0 radical (unpaired) electrons. The molecule has 80 valence electrons. The fraction of sp³-hybridized carbons (Fsp3) is 1.00. The molecule has 0 aliphatic rings.